The van der Waals surface area contributed by atoms with Crippen LogP contribution in [0.5, 0.6) is 0 Å². The highest BCUT2D eigenvalue weighted by molar-refractivity contribution is 5.62. The molecular weight excluding hydrogens is 220 g/mol. The highest BCUT2D eigenvalue weighted by Gasteiger charge is 2.12. The molecule has 0 saturated heterocycles. The van der Waals surface area contributed by atoms with Crippen LogP contribution in [0.2, 0.25) is 0 Å². The number of nitrogens with one attached hydrogen (secondary N) is 1. The summed E-state index contributed by atoms with van der Waals surface area (Å²) >= 11 is 0. The second kappa shape index (κ2) is 6.20. The largest absolute Gasteiger partial charge is 0.377 e. The number of hydrogen-bond acceptors (Lipinski definition) is 4. The highest BCUT2D eigenvalue weighted by Crippen LogP contribution is 2.24. The first-order valence-electron chi connectivity index (χ1n) is 5.61. The fraction of sp³-hybridized carbons (Fsp3) is 0.500. The summed E-state index contributed by atoms with van der Waals surface area (Å²) in [6, 6.07) is 5.02. The molecule has 5 heteroatoms. The molecule has 0 heterocycles. The quantitative estimate of drug-likeness (QED) is 0.470. The number of ether oxygens (including phenoxy) is 1. The first kappa shape index (κ1) is 13.4. The summed E-state index contributed by atoms with van der Waals surface area (Å²) in [5, 5.41) is 13.8. The van der Waals surface area contributed by atoms with Gasteiger partial charge in [-0.05, 0) is 32.4 Å². The molecule has 0 atom stereocenters. The summed E-state index contributed by atoms with van der Waals surface area (Å²) in [7, 11) is 0. The molecule has 1 rings (SSSR count). The SMILES string of the molecule is Cc1ccc([N+](=O)[O-])c(NCCOC(C)C)c1. The van der Waals surface area contributed by atoms with Gasteiger partial charge in [-0.2, -0.15) is 0 Å². The monoisotopic (exact) mass is 238 g/mol. The van der Waals surface area contributed by atoms with Crippen molar-refractivity contribution in [2.75, 3.05) is 18.5 Å². The Labute approximate surface area is 101 Å². The highest BCUT2D eigenvalue weighted by atomic mass is 16.6. The maximum atomic E-state index is 10.8. The Bertz CT molecular complexity index is 391. The molecule has 1 aromatic rings. The molecular formula is C12H18N2O3. The topological polar surface area (TPSA) is 64.4 Å². The normalized spacial score (nSPS) is 10.6. The molecule has 94 valence electrons. The van der Waals surface area contributed by atoms with Crippen molar-refractivity contribution in [3.8, 4) is 0 Å². The zero-order valence-electron chi connectivity index (χ0n) is 10.4. The molecule has 17 heavy (non-hydrogen) atoms. The number of nitro groups is 1. The predicted octanol–water partition coefficient (Wildman–Crippen LogP) is 2.74. The van der Waals surface area contributed by atoms with Crippen LogP contribution in [-0.2, 0) is 4.74 Å². The van der Waals surface area contributed by atoms with Gasteiger partial charge in [-0.15, -0.1) is 0 Å². The smallest absolute Gasteiger partial charge is 0.292 e. The van der Waals surface area contributed by atoms with E-state index in [4.69, 9.17) is 4.74 Å². The average Bonchev–Trinajstić information content (AvgIpc) is 2.23. The van der Waals surface area contributed by atoms with Gasteiger partial charge in [0.25, 0.3) is 5.69 Å². The molecule has 0 radical (unpaired) electrons. The summed E-state index contributed by atoms with van der Waals surface area (Å²) in [6.07, 6.45) is 0.171. The molecule has 0 fully saturated rings. The third kappa shape index (κ3) is 4.40. The summed E-state index contributed by atoms with van der Waals surface area (Å²) < 4.78 is 5.36. The Balaban J connectivity index is 2.62. The van der Waals surface area contributed by atoms with Crippen LogP contribution in [0, 0.1) is 17.0 Å². The minimum Gasteiger partial charge on any atom is -0.377 e. The van der Waals surface area contributed by atoms with Gasteiger partial charge in [-0.25, -0.2) is 0 Å². The minimum absolute atomic E-state index is 0.0974. The van der Waals surface area contributed by atoms with Gasteiger partial charge in [0, 0.05) is 12.6 Å². The van der Waals surface area contributed by atoms with Crippen LogP contribution in [-0.4, -0.2) is 24.2 Å². The lowest BCUT2D eigenvalue weighted by molar-refractivity contribution is -0.384. The number of nitrogens with zero attached hydrogens (tertiary/aromatic N) is 1. The van der Waals surface area contributed by atoms with E-state index in [-0.39, 0.29) is 16.7 Å². The Hall–Kier alpha value is -1.62. The van der Waals surface area contributed by atoms with Crippen molar-refractivity contribution >= 4 is 11.4 Å². The van der Waals surface area contributed by atoms with Crippen molar-refractivity contribution in [3.63, 3.8) is 0 Å². The third-order valence-electron chi connectivity index (χ3n) is 2.22. The molecule has 0 aliphatic rings. The Morgan fingerprint density at radius 1 is 1.47 bits per heavy atom. The maximum absolute atomic E-state index is 10.8. The zero-order valence-corrected chi connectivity index (χ0v) is 10.4. The van der Waals surface area contributed by atoms with E-state index < -0.39 is 0 Å². The molecule has 0 bridgehead atoms. The first-order chi connectivity index (χ1) is 8.00. The van der Waals surface area contributed by atoms with E-state index in [1.807, 2.05) is 20.8 Å². The van der Waals surface area contributed by atoms with Gasteiger partial charge in [0.2, 0.25) is 0 Å². The second-order valence-corrected chi connectivity index (χ2v) is 4.12. The maximum Gasteiger partial charge on any atom is 0.292 e. The van der Waals surface area contributed by atoms with Crippen LogP contribution in [0.4, 0.5) is 11.4 Å². The van der Waals surface area contributed by atoms with Gasteiger partial charge in [-0.1, -0.05) is 6.07 Å². The Morgan fingerprint density at radius 2 is 2.18 bits per heavy atom. The zero-order chi connectivity index (χ0) is 12.8. The summed E-state index contributed by atoms with van der Waals surface area (Å²) in [6.45, 7) is 6.90. The third-order valence-corrected chi connectivity index (χ3v) is 2.22. The van der Waals surface area contributed by atoms with Gasteiger partial charge in [-0.3, -0.25) is 10.1 Å². The molecule has 0 spiro atoms. The van der Waals surface area contributed by atoms with Gasteiger partial charge in [0.05, 0.1) is 17.6 Å². The van der Waals surface area contributed by atoms with E-state index in [9.17, 15) is 10.1 Å². The molecule has 1 aromatic carbocycles. The van der Waals surface area contributed by atoms with Crippen molar-refractivity contribution in [3.05, 3.63) is 33.9 Å². The van der Waals surface area contributed by atoms with Crippen molar-refractivity contribution in [2.45, 2.75) is 26.9 Å². The second-order valence-electron chi connectivity index (χ2n) is 4.12. The Kier molecular flexibility index (Phi) is 4.90. The number of aryl methyl sites for hydroxylation is 1. The molecule has 0 aliphatic carbocycles. The molecule has 0 amide bonds. The van der Waals surface area contributed by atoms with Crippen LogP contribution in [0.15, 0.2) is 18.2 Å². The first-order valence-corrected chi connectivity index (χ1v) is 5.61. The van der Waals surface area contributed by atoms with Crippen LogP contribution in [0.25, 0.3) is 0 Å². The lowest BCUT2D eigenvalue weighted by atomic mass is 10.2. The van der Waals surface area contributed by atoms with E-state index in [0.717, 1.165) is 5.56 Å². The average molecular weight is 238 g/mol. The van der Waals surface area contributed by atoms with Crippen LogP contribution < -0.4 is 5.32 Å². The summed E-state index contributed by atoms with van der Waals surface area (Å²) in [4.78, 5) is 10.4. The van der Waals surface area contributed by atoms with Gasteiger partial charge in [0.15, 0.2) is 0 Å². The molecule has 0 aromatic heterocycles. The van der Waals surface area contributed by atoms with Crippen molar-refractivity contribution in [1.29, 1.82) is 0 Å². The van der Waals surface area contributed by atoms with Gasteiger partial charge < -0.3 is 10.1 Å². The standard InChI is InChI=1S/C12H18N2O3/c1-9(2)17-7-6-13-11-8-10(3)4-5-12(11)14(15)16/h4-5,8-9,13H,6-7H2,1-3H3. The minimum atomic E-state index is -0.384. The fourth-order valence-corrected chi connectivity index (χ4v) is 1.43. The number of rotatable bonds is 6. The lowest BCUT2D eigenvalue weighted by Gasteiger charge is -2.10. The number of anilines is 1. The summed E-state index contributed by atoms with van der Waals surface area (Å²) in [5.41, 5.74) is 1.63. The van der Waals surface area contributed by atoms with E-state index in [2.05, 4.69) is 5.32 Å². The van der Waals surface area contributed by atoms with Gasteiger partial charge in [0.1, 0.15) is 5.69 Å². The van der Waals surface area contributed by atoms with E-state index in [1.54, 1.807) is 12.1 Å². The molecule has 5 nitrogen and oxygen atoms in total. The number of benzene rings is 1. The fourth-order valence-electron chi connectivity index (χ4n) is 1.43. The number of nitro benzene ring substituents is 1. The molecule has 0 unspecified atom stereocenters. The van der Waals surface area contributed by atoms with Crippen LogP contribution in [0.3, 0.4) is 0 Å². The van der Waals surface area contributed by atoms with Crippen LogP contribution >= 0.6 is 0 Å². The van der Waals surface area contributed by atoms with Crippen LogP contribution in [0.1, 0.15) is 19.4 Å². The van der Waals surface area contributed by atoms with E-state index in [1.165, 1.54) is 6.07 Å². The van der Waals surface area contributed by atoms with Crippen molar-refractivity contribution < 1.29 is 9.66 Å². The van der Waals surface area contributed by atoms with Crippen molar-refractivity contribution in [1.82, 2.24) is 0 Å². The van der Waals surface area contributed by atoms with Crippen molar-refractivity contribution in [2.24, 2.45) is 0 Å². The van der Waals surface area contributed by atoms with Gasteiger partial charge >= 0.3 is 0 Å². The summed E-state index contributed by atoms with van der Waals surface area (Å²) in [5.74, 6) is 0. The van der Waals surface area contributed by atoms with E-state index in [0.29, 0.717) is 18.8 Å². The predicted molar refractivity (Wildman–Crippen MR) is 67.4 cm³/mol. The Morgan fingerprint density at radius 3 is 2.76 bits per heavy atom. The molecule has 1 N–H and O–H groups in total. The lowest BCUT2D eigenvalue weighted by Crippen LogP contribution is -2.13. The van der Waals surface area contributed by atoms with E-state index >= 15 is 0 Å². The molecule has 0 aliphatic heterocycles. The number of hydrogen-bond donors (Lipinski definition) is 1. The molecule has 0 saturated carbocycles.